The van der Waals surface area contributed by atoms with Gasteiger partial charge in [-0.05, 0) is 6.26 Å². The van der Waals surface area contributed by atoms with Crippen molar-refractivity contribution in [2.24, 2.45) is 0 Å². The minimum absolute atomic E-state index is 0.167. The molecule has 9 heteroatoms. The zero-order chi connectivity index (χ0) is 14.3. The van der Waals surface area contributed by atoms with Crippen LogP contribution >= 0.6 is 11.8 Å². The third kappa shape index (κ3) is 2.12. The Kier molecular flexibility index (Phi) is 3.50. The van der Waals surface area contributed by atoms with Crippen LogP contribution in [0.5, 0.6) is 0 Å². The summed E-state index contributed by atoms with van der Waals surface area (Å²) in [5, 5.41) is 19.6. The number of aromatic nitrogens is 4. The minimum Gasteiger partial charge on any atom is -0.394 e. The van der Waals surface area contributed by atoms with E-state index in [9.17, 15) is 5.11 Å². The van der Waals surface area contributed by atoms with Crippen molar-refractivity contribution in [1.82, 2.24) is 19.5 Å². The van der Waals surface area contributed by atoms with Gasteiger partial charge in [0.25, 0.3) is 0 Å². The first-order valence-electron chi connectivity index (χ1n) is 6.12. The first kappa shape index (κ1) is 13.6. The monoisotopic (exact) mass is 297 g/mol. The van der Waals surface area contributed by atoms with Crippen LogP contribution < -0.4 is 5.73 Å². The van der Waals surface area contributed by atoms with Gasteiger partial charge in [0.05, 0.1) is 19.0 Å². The molecule has 3 atom stereocenters. The molecular weight excluding hydrogens is 282 g/mol. The topological polar surface area (TPSA) is 119 Å². The number of nitrogens with zero attached hydrogens (tertiary/aromatic N) is 4. The molecule has 0 spiro atoms. The molecule has 8 nitrogen and oxygen atoms in total. The van der Waals surface area contributed by atoms with Gasteiger partial charge in [-0.25, -0.2) is 9.97 Å². The molecule has 0 aliphatic carbocycles. The predicted octanol–water partition coefficient (Wildman–Crippen LogP) is -0.229. The SMILES string of the molecule is CSc1nc(N)nc2c1ncn2[C@@H]1C[C@H](O)[C@@H](CO)O1. The van der Waals surface area contributed by atoms with E-state index in [-0.39, 0.29) is 12.6 Å². The number of anilines is 1. The second-order valence-corrected chi connectivity index (χ2v) is 5.32. The lowest BCUT2D eigenvalue weighted by Gasteiger charge is -2.13. The van der Waals surface area contributed by atoms with Gasteiger partial charge >= 0.3 is 0 Å². The number of rotatable bonds is 3. The van der Waals surface area contributed by atoms with Crippen LogP contribution in [0, 0.1) is 0 Å². The molecule has 1 aliphatic heterocycles. The molecule has 108 valence electrons. The van der Waals surface area contributed by atoms with Crippen LogP contribution in [0.2, 0.25) is 0 Å². The summed E-state index contributed by atoms with van der Waals surface area (Å²) in [4.78, 5) is 12.6. The second-order valence-electron chi connectivity index (χ2n) is 4.53. The van der Waals surface area contributed by atoms with Crippen LogP contribution in [0.3, 0.4) is 0 Å². The van der Waals surface area contributed by atoms with E-state index in [1.54, 1.807) is 10.9 Å². The van der Waals surface area contributed by atoms with Crippen LogP contribution in [0.4, 0.5) is 5.95 Å². The van der Waals surface area contributed by atoms with Crippen molar-refractivity contribution in [3.05, 3.63) is 6.33 Å². The largest absolute Gasteiger partial charge is 0.394 e. The molecule has 0 amide bonds. The Morgan fingerprint density at radius 1 is 1.55 bits per heavy atom. The van der Waals surface area contributed by atoms with E-state index in [0.29, 0.717) is 22.6 Å². The van der Waals surface area contributed by atoms with Crippen LogP contribution in [0.15, 0.2) is 11.4 Å². The number of hydrogen-bond acceptors (Lipinski definition) is 8. The van der Waals surface area contributed by atoms with Crippen molar-refractivity contribution in [2.75, 3.05) is 18.6 Å². The Morgan fingerprint density at radius 3 is 3.00 bits per heavy atom. The highest BCUT2D eigenvalue weighted by Crippen LogP contribution is 2.32. The lowest BCUT2D eigenvalue weighted by atomic mass is 10.2. The molecule has 0 radical (unpaired) electrons. The number of imidazole rings is 1. The Morgan fingerprint density at radius 2 is 2.35 bits per heavy atom. The summed E-state index contributed by atoms with van der Waals surface area (Å²) in [6, 6.07) is 0. The van der Waals surface area contributed by atoms with Gasteiger partial charge in [-0.1, -0.05) is 0 Å². The van der Waals surface area contributed by atoms with Crippen molar-refractivity contribution in [2.45, 2.75) is 29.9 Å². The smallest absolute Gasteiger partial charge is 0.223 e. The normalized spacial score (nSPS) is 26.4. The van der Waals surface area contributed by atoms with Gasteiger partial charge in [-0.2, -0.15) is 4.98 Å². The fraction of sp³-hybridized carbons (Fsp3) is 0.545. The van der Waals surface area contributed by atoms with Gasteiger partial charge in [0.2, 0.25) is 5.95 Å². The number of thioether (sulfide) groups is 1. The minimum atomic E-state index is -0.707. The lowest BCUT2D eigenvalue weighted by molar-refractivity contribution is -0.0432. The Labute approximate surface area is 119 Å². The van der Waals surface area contributed by atoms with E-state index in [1.807, 2.05) is 6.26 Å². The summed E-state index contributed by atoms with van der Waals surface area (Å²) >= 11 is 1.44. The van der Waals surface area contributed by atoms with Gasteiger partial charge in [0, 0.05) is 6.42 Å². The molecule has 0 bridgehead atoms. The number of aliphatic hydroxyl groups excluding tert-OH is 2. The molecule has 20 heavy (non-hydrogen) atoms. The van der Waals surface area contributed by atoms with Gasteiger partial charge in [0.15, 0.2) is 5.65 Å². The molecule has 0 unspecified atom stereocenters. The fourth-order valence-electron chi connectivity index (χ4n) is 2.31. The first-order chi connectivity index (χ1) is 9.63. The number of hydrogen-bond donors (Lipinski definition) is 3. The third-order valence-electron chi connectivity index (χ3n) is 3.29. The maximum absolute atomic E-state index is 9.81. The van der Waals surface area contributed by atoms with E-state index >= 15 is 0 Å². The molecule has 0 saturated carbocycles. The van der Waals surface area contributed by atoms with Crippen molar-refractivity contribution in [3.8, 4) is 0 Å². The number of ether oxygens (including phenoxy) is 1. The quantitative estimate of drug-likeness (QED) is 0.525. The number of nitrogen functional groups attached to an aromatic ring is 1. The molecule has 1 fully saturated rings. The van der Waals surface area contributed by atoms with Gasteiger partial charge in [0.1, 0.15) is 22.9 Å². The van der Waals surface area contributed by atoms with Crippen LogP contribution in [0.25, 0.3) is 11.2 Å². The van der Waals surface area contributed by atoms with Gasteiger partial charge in [-0.3, -0.25) is 4.57 Å². The summed E-state index contributed by atoms with van der Waals surface area (Å²) in [6.07, 6.45) is 2.14. The fourth-order valence-corrected chi connectivity index (χ4v) is 2.83. The summed E-state index contributed by atoms with van der Waals surface area (Å²) in [5.74, 6) is 0.167. The number of nitrogens with two attached hydrogens (primary N) is 1. The lowest BCUT2D eigenvalue weighted by Crippen LogP contribution is -2.24. The summed E-state index contributed by atoms with van der Waals surface area (Å²) in [6.45, 7) is -0.225. The van der Waals surface area contributed by atoms with E-state index in [2.05, 4.69) is 15.0 Å². The highest BCUT2D eigenvalue weighted by Gasteiger charge is 2.35. The summed E-state index contributed by atoms with van der Waals surface area (Å²) in [5.41, 5.74) is 6.92. The maximum Gasteiger partial charge on any atom is 0.223 e. The van der Waals surface area contributed by atoms with Gasteiger partial charge in [-0.15, -0.1) is 11.8 Å². The summed E-state index contributed by atoms with van der Waals surface area (Å²) < 4.78 is 7.32. The molecule has 3 heterocycles. The van der Waals surface area contributed by atoms with E-state index in [4.69, 9.17) is 15.6 Å². The zero-order valence-electron chi connectivity index (χ0n) is 10.8. The van der Waals surface area contributed by atoms with Crippen molar-refractivity contribution in [1.29, 1.82) is 0 Å². The molecule has 3 rings (SSSR count). The van der Waals surface area contributed by atoms with Crippen molar-refractivity contribution >= 4 is 28.9 Å². The number of fused-ring (bicyclic) bond motifs is 1. The predicted molar refractivity (Wildman–Crippen MR) is 73.1 cm³/mol. The highest BCUT2D eigenvalue weighted by atomic mass is 32.2. The molecule has 0 aromatic carbocycles. The Balaban J connectivity index is 2.03. The Hall–Kier alpha value is -1.42. The Bertz CT molecular complexity index is 634. The van der Waals surface area contributed by atoms with Crippen LogP contribution in [0.1, 0.15) is 12.6 Å². The molecule has 2 aromatic rings. The van der Waals surface area contributed by atoms with Crippen molar-refractivity contribution < 1.29 is 14.9 Å². The average Bonchev–Trinajstić information content (AvgIpc) is 3.00. The van der Waals surface area contributed by atoms with E-state index in [0.717, 1.165) is 0 Å². The van der Waals surface area contributed by atoms with Crippen molar-refractivity contribution in [3.63, 3.8) is 0 Å². The molecular formula is C11H15N5O3S. The van der Waals surface area contributed by atoms with E-state index < -0.39 is 18.4 Å². The van der Waals surface area contributed by atoms with Crippen LogP contribution in [-0.2, 0) is 4.74 Å². The molecule has 1 saturated heterocycles. The first-order valence-corrected chi connectivity index (χ1v) is 7.35. The number of aliphatic hydroxyl groups is 2. The zero-order valence-corrected chi connectivity index (χ0v) is 11.6. The standard InChI is InChI=1S/C11H15N5O3S/c1-20-10-8-9(14-11(12)15-10)16(4-13-8)7-2-5(18)6(3-17)19-7/h4-7,17-18H,2-3H2,1H3,(H2,12,14,15)/t5-,6+,7-/m0/s1. The van der Waals surface area contributed by atoms with E-state index in [1.165, 1.54) is 11.8 Å². The maximum atomic E-state index is 9.81. The van der Waals surface area contributed by atoms with Crippen LogP contribution in [-0.4, -0.2) is 54.8 Å². The average molecular weight is 297 g/mol. The second kappa shape index (κ2) is 5.17. The molecule has 2 aromatic heterocycles. The third-order valence-corrected chi connectivity index (χ3v) is 3.97. The molecule has 4 N–H and O–H groups in total. The van der Waals surface area contributed by atoms with Gasteiger partial charge < -0.3 is 20.7 Å². The highest BCUT2D eigenvalue weighted by molar-refractivity contribution is 7.98. The summed E-state index contributed by atoms with van der Waals surface area (Å²) in [7, 11) is 0. The molecule has 1 aliphatic rings.